The van der Waals surface area contributed by atoms with Crippen LogP contribution in [0.25, 0.3) is 0 Å². The number of nitrogen functional groups attached to an aromatic ring is 1. The molecule has 1 aromatic carbocycles. The van der Waals surface area contributed by atoms with Crippen molar-refractivity contribution in [2.75, 3.05) is 18.2 Å². The van der Waals surface area contributed by atoms with Crippen LogP contribution in [0.4, 0.5) is 11.4 Å². The second-order valence-corrected chi connectivity index (χ2v) is 3.86. The van der Waals surface area contributed by atoms with E-state index in [0.717, 1.165) is 0 Å². The molecule has 1 aromatic heterocycles. The molecule has 0 aliphatic heterocycles. The van der Waals surface area contributed by atoms with E-state index in [4.69, 9.17) is 14.9 Å². The smallest absolute Gasteiger partial charge is 0.259 e. The van der Waals surface area contributed by atoms with Crippen molar-refractivity contribution in [3.05, 3.63) is 41.9 Å². The largest absolute Gasteiger partial charge is 0.495 e. The van der Waals surface area contributed by atoms with E-state index in [1.165, 1.54) is 13.4 Å². The Labute approximate surface area is 105 Å². The van der Waals surface area contributed by atoms with Crippen LogP contribution >= 0.6 is 0 Å². The highest BCUT2D eigenvalue weighted by Crippen LogP contribution is 2.27. The Morgan fingerprint density at radius 2 is 2.17 bits per heavy atom. The van der Waals surface area contributed by atoms with Gasteiger partial charge in [-0.3, -0.25) is 4.79 Å². The monoisotopic (exact) mass is 246 g/mol. The van der Waals surface area contributed by atoms with Gasteiger partial charge in [-0.25, -0.2) is 0 Å². The van der Waals surface area contributed by atoms with Crippen molar-refractivity contribution in [3.63, 3.8) is 0 Å². The van der Waals surface area contributed by atoms with Crippen LogP contribution in [0.5, 0.6) is 5.75 Å². The Morgan fingerprint density at radius 3 is 2.78 bits per heavy atom. The van der Waals surface area contributed by atoms with Gasteiger partial charge in [-0.15, -0.1) is 0 Å². The first-order chi connectivity index (χ1) is 8.60. The number of amides is 1. The van der Waals surface area contributed by atoms with E-state index in [2.05, 4.69) is 5.32 Å². The van der Waals surface area contributed by atoms with Gasteiger partial charge in [0.05, 0.1) is 18.4 Å². The maximum Gasteiger partial charge on any atom is 0.259 e. The minimum atomic E-state index is -0.268. The van der Waals surface area contributed by atoms with Crippen molar-refractivity contribution < 1.29 is 13.9 Å². The molecule has 0 radical (unpaired) electrons. The maximum absolute atomic E-state index is 11.9. The molecule has 0 saturated carbocycles. The number of furan rings is 1. The zero-order valence-corrected chi connectivity index (χ0v) is 10.2. The number of carbonyl (C=O) groups is 1. The van der Waals surface area contributed by atoms with Crippen molar-refractivity contribution in [3.8, 4) is 5.75 Å². The first-order valence-electron chi connectivity index (χ1n) is 5.40. The maximum atomic E-state index is 11.9. The standard InChI is InChI=1S/C13H14N2O3/c1-8-5-9(7-18-8)13(16)15-11-6-10(14)3-4-12(11)17-2/h3-7H,14H2,1-2H3,(H,15,16). The minimum Gasteiger partial charge on any atom is -0.495 e. The van der Waals surface area contributed by atoms with E-state index in [-0.39, 0.29) is 5.91 Å². The average molecular weight is 246 g/mol. The van der Waals surface area contributed by atoms with Crippen molar-refractivity contribution in [2.45, 2.75) is 6.92 Å². The average Bonchev–Trinajstić information content (AvgIpc) is 2.76. The number of rotatable bonds is 3. The third-order valence-corrected chi connectivity index (χ3v) is 2.46. The van der Waals surface area contributed by atoms with Crippen LogP contribution in [-0.2, 0) is 0 Å². The summed E-state index contributed by atoms with van der Waals surface area (Å²) in [6, 6.07) is 6.71. The summed E-state index contributed by atoms with van der Waals surface area (Å²) in [7, 11) is 1.53. The van der Waals surface area contributed by atoms with Crippen LogP contribution in [0.15, 0.2) is 34.9 Å². The molecular weight excluding hydrogens is 232 g/mol. The van der Waals surface area contributed by atoms with Gasteiger partial charge in [0.2, 0.25) is 0 Å². The molecule has 0 atom stereocenters. The van der Waals surface area contributed by atoms with Gasteiger partial charge in [0.15, 0.2) is 0 Å². The van der Waals surface area contributed by atoms with Crippen molar-refractivity contribution in [1.82, 2.24) is 0 Å². The summed E-state index contributed by atoms with van der Waals surface area (Å²) in [5, 5.41) is 2.73. The second kappa shape index (κ2) is 4.83. The molecule has 0 unspecified atom stereocenters. The molecule has 3 N–H and O–H groups in total. The number of hydrogen-bond acceptors (Lipinski definition) is 4. The van der Waals surface area contributed by atoms with E-state index in [9.17, 15) is 4.79 Å². The summed E-state index contributed by atoms with van der Waals surface area (Å²) < 4.78 is 10.2. The summed E-state index contributed by atoms with van der Waals surface area (Å²) in [6.45, 7) is 1.78. The van der Waals surface area contributed by atoms with Gasteiger partial charge in [0.1, 0.15) is 17.8 Å². The van der Waals surface area contributed by atoms with Crippen LogP contribution in [0.1, 0.15) is 16.1 Å². The van der Waals surface area contributed by atoms with Crippen LogP contribution in [0.2, 0.25) is 0 Å². The lowest BCUT2D eigenvalue weighted by molar-refractivity contribution is 0.102. The van der Waals surface area contributed by atoms with Gasteiger partial charge in [0.25, 0.3) is 5.91 Å². The molecular formula is C13H14N2O3. The number of benzene rings is 1. The molecule has 2 aromatic rings. The molecule has 2 rings (SSSR count). The van der Waals surface area contributed by atoms with Crippen LogP contribution in [-0.4, -0.2) is 13.0 Å². The molecule has 18 heavy (non-hydrogen) atoms. The van der Waals surface area contributed by atoms with Gasteiger partial charge in [0, 0.05) is 5.69 Å². The third-order valence-electron chi connectivity index (χ3n) is 2.46. The molecule has 0 aliphatic carbocycles. The predicted molar refractivity (Wildman–Crippen MR) is 68.8 cm³/mol. The number of aryl methyl sites for hydroxylation is 1. The number of methoxy groups -OCH3 is 1. The number of nitrogens with two attached hydrogens (primary N) is 1. The lowest BCUT2D eigenvalue weighted by Gasteiger charge is -2.10. The van der Waals surface area contributed by atoms with Crippen molar-refractivity contribution in [2.24, 2.45) is 0 Å². The Balaban J connectivity index is 2.23. The number of nitrogens with one attached hydrogen (secondary N) is 1. The quantitative estimate of drug-likeness (QED) is 0.815. The molecule has 5 heteroatoms. The third kappa shape index (κ3) is 2.45. The predicted octanol–water partition coefficient (Wildman–Crippen LogP) is 2.43. The summed E-state index contributed by atoms with van der Waals surface area (Å²) in [4.78, 5) is 11.9. The number of anilines is 2. The Morgan fingerprint density at radius 1 is 1.39 bits per heavy atom. The zero-order chi connectivity index (χ0) is 13.1. The van der Waals surface area contributed by atoms with E-state index in [1.807, 2.05) is 0 Å². The van der Waals surface area contributed by atoms with Crippen LogP contribution in [0, 0.1) is 6.92 Å². The molecule has 0 aliphatic rings. The molecule has 5 nitrogen and oxygen atoms in total. The molecule has 0 saturated heterocycles. The van der Waals surface area contributed by atoms with Gasteiger partial charge < -0.3 is 20.2 Å². The van der Waals surface area contributed by atoms with Crippen LogP contribution < -0.4 is 15.8 Å². The lowest BCUT2D eigenvalue weighted by atomic mass is 10.2. The molecule has 94 valence electrons. The first-order valence-corrected chi connectivity index (χ1v) is 5.40. The van der Waals surface area contributed by atoms with E-state index >= 15 is 0 Å². The van der Waals surface area contributed by atoms with E-state index in [0.29, 0.717) is 28.4 Å². The molecule has 0 spiro atoms. The van der Waals surface area contributed by atoms with Gasteiger partial charge in [-0.05, 0) is 31.2 Å². The molecule has 1 heterocycles. The number of carbonyl (C=O) groups excluding carboxylic acids is 1. The number of ether oxygens (including phenoxy) is 1. The summed E-state index contributed by atoms with van der Waals surface area (Å²) in [6.07, 6.45) is 1.41. The molecule has 1 amide bonds. The molecule has 0 fully saturated rings. The van der Waals surface area contributed by atoms with Gasteiger partial charge >= 0.3 is 0 Å². The zero-order valence-electron chi connectivity index (χ0n) is 10.2. The van der Waals surface area contributed by atoms with Gasteiger partial charge in [-0.1, -0.05) is 0 Å². The summed E-state index contributed by atoms with van der Waals surface area (Å²) >= 11 is 0. The van der Waals surface area contributed by atoms with E-state index < -0.39 is 0 Å². The highest BCUT2D eigenvalue weighted by molar-refractivity contribution is 6.05. The SMILES string of the molecule is COc1ccc(N)cc1NC(=O)c1coc(C)c1. The fraction of sp³-hybridized carbons (Fsp3) is 0.154. The summed E-state index contributed by atoms with van der Waals surface area (Å²) in [5.74, 6) is 0.966. The minimum absolute atomic E-state index is 0.268. The highest BCUT2D eigenvalue weighted by atomic mass is 16.5. The highest BCUT2D eigenvalue weighted by Gasteiger charge is 2.12. The number of hydrogen-bond donors (Lipinski definition) is 2. The normalized spacial score (nSPS) is 10.1. The Hall–Kier alpha value is -2.43. The fourth-order valence-electron chi connectivity index (χ4n) is 1.58. The Bertz CT molecular complexity index is 575. The first kappa shape index (κ1) is 12.0. The van der Waals surface area contributed by atoms with Crippen molar-refractivity contribution in [1.29, 1.82) is 0 Å². The fourth-order valence-corrected chi connectivity index (χ4v) is 1.58. The van der Waals surface area contributed by atoms with Gasteiger partial charge in [-0.2, -0.15) is 0 Å². The second-order valence-electron chi connectivity index (χ2n) is 3.86. The van der Waals surface area contributed by atoms with Crippen molar-refractivity contribution >= 4 is 17.3 Å². The van der Waals surface area contributed by atoms with E-state index in [1.54, 1.807) is 31.2 Å². The topological polar surface area (TPSA) is 77.5 Å². The van der Waals surface area contributed by atoms with Crippen LogP contribution in [0.3, 0.4) is 0 Å². The lowest BCUT2D eigenvalue weighted by Crippen LogP contribution is -2.12. The summed E-state index contributed by atoms with van der Waals surface area (Å²) in [5.41, 5.74) is 7.21. The molecule has 0 bridgehead atoms. The Kier molecular flexibility index (Phi) is 3.23.